The summed E-state index contributed by atoms with van der Waals surface area (Å²) in [6.45, 7) is 1.73. The van der Waals surface area contributed by atoms with E-state index in [-0.39, 0.29) is 11.3 Å². The Bertz CT molecular complexity index is 1020. The van der Waals surface area contributed by atoms with Crippen molar-refractivity contribution >= 4 is 27.5 Å². The largest absolute Gasteiger partial charge is 0.496 e. The second-order valence-corrected chi connectivity index (χ2v) is 5.76. The van der Waals surface area contributed by atoms with E-state index in [0.717, 1.165) is 10.8 Å². The number of hydrogen-bond acceptors (Lipinski definition) is 5. The number of ether oxygens (including phenoxy) is 4. The Balaban J connectivity index is 2.69. The summed E-state index contributed by atoms with van der Waals surface area (Å²) in [6, 6.07) is 7.27. The Labute approximate surface area is 150 Å². The monoisotopic (exact) mass is 356 g/mol. The molecule has 0 radical (unpaired) electrons. The number of fused-ring (bicyclic) bond motifs is 2. The SMILES string of the molecule is COc1cc2c(OC)c3cccc(OC)c3c(OC)c2c(C)c1C(=O)O. The molecular weight excluding hydrogens is 336 g/mol. The van der Waals surface area contributed by atoms with Crippen molar-refractivity contribution in [1.29, 1.82) is 0 Å². The van der Waals surface area contributed by atoms with Gasteiger partial charge in [-0.2, -0.15) is 0 Å². The number of benzene rings is 3. The van der Waals surface area contributed by atoms with Crippen LogP contribution in [0.5, 0.6) is 23.0 Å². The van der Waals surface area contributed by atoms with Crippen molar-refractivity contribution in [3.8, 4) is 23.0 Å². The molecule has 0 saturated heterocycles. The third-order valence-electron chi connectivity index (χ3n) is 4.57. The highest BCUT2D eigenvalue weighted by Gasteiger charge is 2.25. The van der Waals surface area contributed by atoms with E-state index >= 15 is 0 Å². The summed E-state index contributed by atoms with van der Waals surface area (Å²) < 4.78 is 22.2. The van der Waals surface area contributed by atoms with Crippen LogP contribution in [-0.4, -0.2) is 39.5 Å². The lowest BCUT2D eigenvalue weighted by molar-refractivity contribution is 0.0692. The average molecular weight is 356 g/mol. The average Bonchev–Trinajstić information content (AvgIpc) is 2.64. The number of carbonyl (C=O) groups is 1. The van der Waals surface area contributed by atoms with E-state index in [9.17, 15) is 9.90 Å². The van der Waals surface area contributed by atoms with Gasteiger partial charge in [-0.15, -0.1) is 0 Å². The Morgan fingerprint density at radius 1 is 0.846 bits per heavy atom. The molecule has 3 aromatic carbocycles. The maximum absolute atomic E-state index is 11.8. The van der Waals surface area contributed by atoms with Crippen LogP contribution in [0.3, 0.4) is 0 Å². The van der Waals surface area contributed by atoms with Gasteiger partial charge in [0, 0.05) is 16.2 Å². The van der Waals surface area contributed by atoms with Crippen LogP contribution in [0.15, 0.2) is 24.3 Å². The fourth-order valence-electron chi connectivity index (χ4n) is 3.50. The van der Waals surface area contributed by atoms with Gasteiger partial charge in [-0.1, -0.05) is 12.1 Å². The molecule has 0 aliphatic rings. The highest BCUT2D eigenvalue weighted by atomic mass is 16.5. The molecule has 3 aromatic rings. The van der Waals surface area contributed by atoms with E-state index < -0.39 is 5.97 Å². The number of rotatable bonds is 5. The molecule has 0 aliphatic carbocycles. The zero-order valence-corrected chi connectivity index (χ0v) is 15.3. The van der Waals surface area contributed by atoms with E-state index in [0.29, 0.717) is 33.6 Å². The minimum atomic E-state index is -1.07. The number of carboxylic acids is 1. The minimum Gasteiger partial charge on any atom is -0.496 e. The fourth-order valence-corrected chi connectivity index (χ4v) is 3.50. The molecule has 0 bridgehead atoms. The van der Waals surface area contributed by atoms with Crippen LogP contribution in [0, 0.1) is 6.92 Å². The standard InChI is InChI=1S/C20H20O6/c1-10-15-12(9-14(24-3)16(10)20(21)22)18(25-4)11-7-6-8-13(23-2)17(11)19(15)26-5/h6-9H,1-5H3,(H,21,22). The molecule has 0 fully saturated rings. The van der Waals surface area contributed by atoms with Crippen molar-refractivity contribution in [3.05, 3.63) is 35.4 Å². The molecule has 136 valence electrons. The van der Waals surface area contributed by atoms with Gasteiger partial charge in [-0.25, -0.2) is 4.79 Å². The van der Waals surface area contributed by atoms with Gasteiger partial charge in [0.2, 0.25) is 0 Å². The number of methoxy groups -OCH3 is 4. The minimum absolute atomic E-state index is 0.0922. The van der Waals surface area contributed by atoms with Crippen LogP contribution >= 0.6 is 0 Å². The first-order valence-electron chi connectivity index (χ1n) is 7.95. The van der Waals surface area contributed by atoms with Crippen molar-refractivity contribution in [2.24, 2.45) is 0 Å². The van der Waals surface area contributed by atoms with Crippen molar-refractivity contribution in [1.82, 2.24) is 0 Å². The highest BCUT2D eigenvalue weighted by molar-refractivity contribution is 6.16. The van der Waals surface area contributed by atoms with Crippen molar-refractivity contribution < 1.29 is 28.8 Å². The summed E-state index contributed by atoms with van der Waals surface area (Å²) >= 11 is 0. The molecule has 0 unspecified atom stereocenters. The van der Waals surface area contributed by atoms with E-state index in [4.69, 9.17) is 18.9 Å². The molecule has 0 aliphatic heterocycles. The van der Waals surface area contributed by atoms with E-state index in [1.165, 1.54) is 7.11 Å². The number of aryl methyl sites for hydroxylation is 1. The van der Waals surface area contributed by atoms with Gasteiger partial charge < -0.3 is 24.1 Å². The van der Waals surface area contributed by atoms with Crippen LogP contribution < -0.4 is 18.9 Å². The van der Waals surface area contributed by atoms with Crippen LogP contribution in [0.2, 0.25) is 0 Å². The molecule has 0 atom stereocenters. The first kappa shape index (κ1) is 17.7. The summed E-state index contributed by atoms with van der Waals surface area (Å²) in [5.41, 5.74) is 0.629. The molecule has 0 heterocycles. The smallest absolute Gasteiger partial charge is 0.339 e. The molecule has 0 saturated carbocycles. The molecule has 1 N–H and O–H groups in total. The molecular formula is C20H20O6. The van der Waals surface area contributed by atoms with Crippen molar-refractivity contribution in [2.75, 3.05) is 28.4 Å². The normalized spacial score (nSPS) is 10.8. The van der Waals surface area contributed by atoms with Crippen molar-refractivity contribution in [2.45, 2.75) is 6.92 Å². The highest BCUT2D eigenvalue weighted by Crippen LogP contribution is 2.49. The molecule has 0 spiro atoms. The molecule has 6 heteroatoms. The first-order chi connectivity index (χ1) is 12.5. The van der Waals surface area contributed by atoms with Gasteiger partial charge in [-0.3, -0.25) is 0 Å². The first-order valence-corrected chi connectivity index (χ1v) is 7.95. The van der Waals surface area contributed by atoms with Crippen molar-refractivity contribution in [3.63, 3.8) is 0 Å². The quantitative estimate of drug-likeness (QED) is 0.696. The summed E-state index contributed by atoms with van der Waals surface area (Å²) in [5, 5.41) is 12.6. The van der Waals surface area contributed by atoms with E-state index in [1.807, 2.05) is 18.2 Å². The lowest BCUT2D eigenvalue weighted by Gasteiger charge is -2.20. The summed E-state index contributed by atoms with van der Waals surface area (Å²) in [5.74, 6) is 0.961. The molecule has 0 amide bonds. The maximum Gasteiger partial charge on any atom is 0.339 e. The molecule has 3 rings (SSSR count). The predicted octanol–water partition coefficient (Wildman–Crippen LogP) is 4.03. The Kier molecular flexibility index (Phi) is 4.50. The number of hydrogen-bond donors (Lipinski definition) is 1. The topological polar surface area (TPSA) is 74.2 Å². The lowest BCUT2D eigenvalue weighted by atomic mass is 9.93. The summed E-state index contributed by atoms with van der Waals surface area (Å²) in [6.07, 6.45) is 0. The summed E-state index contributed by atoms with van der Waals surface area (Å²) in [7, 11) is 6.15. The van der Waals surface area contributed by atoms with Gasteiger partial charge >= 0.3 is 5.97 Å². The van der Waals surface area contributed by atoms with E-state index in [2.05, 4.69) is 0 Å². The molecule has 0 aromatic heterocycles. The maximum atomic E-state index is 11.8. The van der Waals surface area contributed by atoms with Gasteiger partial charge in [-0.05, 0) is 24.6 Å². The number of aromatic carboxylic acids is 1. The van der Waals surface area contributed by atoms with Crippen LogP contribution in [0.1, 0.15) is 15.9 Å². The third kappa shape index (κ3) is 2.37. The lowest BCUT2D eigenvalue weighted by Crippen LogP contribution is -2.06. The van der Waals surface area contributed by atoms with E-state index in [1.54, 1.807) is 34.3 Å². The van der Waals surface area contributed by atoms with Gasteiger partial charge in [0.15, 0.2) is 0 Å². The van der Waals surface area contributed by atoms with Gasteiger partial charge in [0.1, 0.15) is 28.6 Å². The Morgan fingerprint density at radius 2 is 1.50 bits per heavy atom. The zero-order valence-electron chi connectivity index (χ0n) is 15.3. The Morgan fingerprint density at radius 3 is 2.04 bits per heavy atom. The molecule has 26 heavy (non-hydrogen) atoms. The molecule has 6 nitrogen and oxygen atoms in total. The zero-order chi connectivity index (χ0) is 19.0. The van der Waals surface area contributed by atoms with Crippen LogP contribution in [0.25, 0.3) is 21.5 Å². The number of carboxylic acid groups (broad SMARTS) is 1. The Hall–Kier alpha value is -3.15. The predicted molar refractivity (Wildman–Crippen MR) is 99.4 cm³/mol. The van der Waals surface area contributed by atoms with Crippen LogP contribution in [0.4, 0.5) is 0 Å². The third-order valence-corrected chi connectivity index (χ3v) is 4.57. The second-order valence-electron chi connectivity index (χ2n) is 5.76. The van der Waals surface area contributed by atoms with Gasteiger partial charge in [0.25, 0.3) is 0 Å². The van der Waals surface area contributed by atoms with Gasteiger partial charge in [0.05, 0.1) is 33.8 Å². The van der Waals surface area contributed by atoms with Crippen LogP contribution in [-0.2, 0) is 0 Å². The fraction of sp³-hybridized carbons (Fsp3) is 0.250. The second kappa shape index (κ2) is 6.63. The summed E-state index contributed by atoms with van der Waals surface area (Å²) in [4.78, 5) is 11.8.